The quantitative estimate of drug-likeness (QED) is 0.394. The predicted molar refractivity (Wildman–Crippen MR) is 116 cm³/mol. The van der Waals surface area contributed by atoms with Crippen molar-refractivity contribution >= 4 is 12.4 Å². The minimum absolute atomic E-state index is 0. The van der Waals surface area contributed by atoms with Crippen molar-refractivity contribution in [2.24, 2.45) is 0 Å². The van der Waals surface area contributed by atoms with Gasteiger partial charge in [-0.25, -0.2) is 4.39 Å². The SMILES string of the molecule is CCCCCCCCNCc1ccc(OCc2ccc(F)cc2)c(OC)c1.Cl. The van der Waals surface area contributed by atoms with E-state index in [1.54, 1.807) is 19.2 Å². The highest BCUT2D eigenvalue weighted by molar-refractivity contribution is 5.85. The summed E-state index contributed by atoms with van der Waals surface area (Å²) >= 11 is 0. The van der Waals surface area contributed by atoms with Crippen LogP contribution in [0.25, 0.3) is 0 Å². The van der Waals surface area contributed by atoms with Crippen molar-refractivity contribution < 1.29 is 13.9 Å². The molecule has 156 valence electrons. The molecule has 0 amide bonds. The summed E-state index contributed by atoms with van der Waals surface area (Å²) in [6.07, 6.45) is 7.86. The van der Waals surface area contributed by atoms with Gasteiger partial charge in [-0.2, -0.15) is 0 Å². The van der Waals surface area contributed by atoms with Gasteiger partial charge in [-0.3, -0.25) is 0 Å². The van der Waals surface area contributed by atoms with Gasteiger partial charge in [-0.05, 0) is 48.4 Å². The Kier molecular flexibility index (Phi) is 12.3. The highest BCUT2D eigenvalue weighted by atomic mass is 35.5. The summed E-state index contributed by atoms with van der Waals surface area (Å²) in [5.41, 5.74) is 2.09. The van der Waals surface area contributed by atoms with Gasteiger partial charge in [0.15, 0.2) is 11.5 Å². The fourth-order valence-corrected chi connectivity index (χ4v) is 2.95. The van der Waals surface area contributed by atoms with Gasteiger partial charge in [0.1, 0.15) is 12.4 Å². The van der Waals surface area contributed by atoms with Crippen LogP contribution in [0.5, 0.6) is 11.5 Å². The Bertz CT molecular complexity index is 664. The van der Waals surface area contributed by atoms with Gasteiger partial charge < -0.3 is 14.8 Å². The molecule has 0 fully saturated rings. The first-order chi connectivity index (χ1) is 13.2. The van der Waals surface area contributed by atoms with Gasteiger partial charge in [0.25, 0.3) is 0 Å². The first-order valence-electron chi connectivity index (χ1n) is 9.97. The average Bonchev–Trinajstić information content (AvgIpc) is 2.70. The number of benzene rings is 2. The van der Waals surface area contributed by atoms with E-state index >= 15 is 0 Å². The van der Waals surface area contributed by atoms with Crippen molar-refractivity contribution in [3.8, 4) is 11.5 Å². The monoisotopic (exact) mass is 409 g/mol. The zero-order valence-corrected chi connectivity index (χ0v) is 17.8. The summed E-state index contributed by atoms with van der Waals surface area (Å²) in [7, 11) is 1.65. The number of ether oxygens (including phenoxy) is 2. The maximum Gasteiger partial charge on any atom is 0.161 e. The second kappa shape index (κ2) is 14.3. The summed E-state index contributed by atoms with van der Waals surface area (Å²) in [5.74, 6) is 1.17. The standard InChI is InChI=1S/C23H32FNO2.ClH/c1-3-4-5-6-7-8-15-25-17-20-11-14-22(23(16-20)26-2)27-18-19-9-12-21(24)13-10-19;/h9-14,16,25H,3-8,15,17-18H2,1-2H3;1H. The lowest BCUT2D eigenvalue weighted by molar-refractivity contribution is 0.284. The highest BCUT2D eigenvalue weighted by Gasteiger charge is 2.06. The molecule has 0 aliphatic heterocycles. The smallest absolute Gasteiger partial charge is 0.161 e. The summed E-state index contributed by atoms with van der Waals surface area (Å²) in [4.78, 5) is 0. The molecule has 0 unspecified atom stereocenters. The van der Waals surface area contributed by atoms with Crippen molar-refractivity contribution in [3.05, 3.63) is 59.4 Å². The van der Waals surface area contributed by atoms with Crippen molar-refractivity contribution in [2.45, 2.75) is 58.6 Å². The van der Waals surface area contributed by atoms with E-state index in [-0.39, 0.29) is 18.2 Å². The molecule has 0 saturated carbocycles. The molecule has 28 heavy (non-hydrogen) atoms. The van der Waals surface area contributed by atoms with Gasteiger partial charge >= 0.3 is 0 Å². The van der Waals surface area contributed by atoms with Crippen LogP contribution in [0.15, 0.2) is 42.5 Å². The molecule has 2 rings (SSSR count). The van der Waals surface area contributed by atoms with Crippen molar-refractivity contribution in [2.75, 3.05) is 13.7 Å². The Morgan fingerprint density at radius 2 is 1.54 bits per heavy atom. The van der Waals surface area contributed by atoms with E-state index in [9.17, 15) is 4.39 Å². The van der Waals surface area contributed by atoms with Crippen molar-refractivity contribution in [3.63, 3.8) is 0 Å². The van der Waals surface area contributed by atoms with E-state index in [4.69, 9.17) is 9.47 Å². The van der Waals surface area contributed by atoms with Gasteiger partial charge in [-0.1, -0.05) is 57.2 Å². The summed E-state index contributed by atoms with van der Waals surface area (Å²) in [5, 5.41) is 3.49. The van der Waals surface area contributed by atoms with Crippen LogP contribution in [0.2, 0.25) is 0 Å². The predicted octanol–water partition coefficient (Wildman–Crippen LogP) is 6.29. The van der Waals surface area contributed by atoms with Crippen LogP contribution in [0, 0.1) is 5.82 Å². The lowest BCUT2D eigenvalue weighted by Crippen LogP contribution is -2.14. The first-order valence-corrected chi connectivity index (χ1v) is 9.97. The van der Waals surface area contributed by atoms with Crippen LogP contribution >= 0.6 is 12.4 Å². The number of hydrogen-bond acceptors (Lipinski definition) is 3. The molecule has 5 heteroatoms. The first kappa shape index (κ1) is 24.3. The van der Waals surface area contributed by atoms with Crippen LogP contribution in [0.1, 0.15) is 56.6 Å². The lowest BCUT2D eigenvalue weighted by Gasteiger charge is -2.13. The molecule has 1 N–H and O–H groups in total. The van der Waals surface area contributed by atoms with Gasteiger partial charge in [0, 0.05) is 6.54 Å². The van der Waals surface area contributed by atoms with E-state index in [1.165, 1.54) is 56.2 Å². The largest absolute Gasteiger partial charge is 0.493 e. The number of unbranched alkanes of at least 4 members (excludes halogenated alkanes) is 5. The molecule has 0 aliphatic rings. The van der Waals surface area contributed by atoms with Crippen LogP contribution in [0.4, 0.5) is 4.39 Å². The molecule has 0 aromatic heterocycles. The Morgan fingerprint density at radius 3 is 2.25 bits per heavy atom. The molecule has 3 nitrogen and oxygen atoms in total. The van der Waals surface area contributed by atoms with Crippen LogP contribution in [0.3, 0.4) is 0 Å². The molecule has 2 aromatic rings. The maximum atomic E-state index is 13.0. The molecule has 0 atom stereocenters. The van der Waals surface area contributed by atoms with Gasteiger partial charge in [0.2, 0.25) is 0 Å². The zero-order valence-electron chi connectivity index (χ0n) is 17.0. The molecule has 0 saturated heterocycles. The number of hydrogen-bond donors (Lipinski definition) is 1. The van der Waals surface area contributed by atoms with E-state index < -0.39 is 0 Å². The second-order valence-corrected chi connectivity index (χ2v) is 6.84. The molecule has 0 heterocycles. The summed E-state index contributed by atoms with van der Waals surface area (Å²) in [6.45, 7) is 4.49. The molecular weight excluding hydrogens is 377 g/mol. The van der Waals surface area contributed by atoms with E-state index in [2.05, 4.69) is 18.3 Å². The number of nitrogens with one attached hydrogen (secondary N) is 1. The number of methoxy groups -OCH3 is 1. The van der Waals surface area contributed by atoms with Crippen LogP contribution in [-0.4, -0.2) is 13.7 Å². The summed E-state index contributed by atoms with van der Waals surface area (Å²) < 4.78 is 24.3. The Morgan fingerprint density at radius 1 is 0.857 bits per heavy atom. The Balaban J connectivity index is 0.00000392. The minimum atomic E-state index is -0.242. The Hall–Kier alpha value is -1.78. The second-order valence-electron chi connectivity index (χ2n) is 6.84. The third-order valence-corrected chi connectivity index (χ3v) is 4.57. The summed E-state index contributed by atoms with van der Waals surface area (Å²) in [6, 6.07) is 12.3. The molecule has 0 spiro atoms. The minimum Gasteiger partial charge on any atom is -0.493 e. The van der Waals surface area contributed by atoms with E-state index in [1.807, 2.05) is 12.1 Å². The van der Waals surface area contributed by atoms with Gasteiger partial charge in [-0.15, -0.1) is 12.4 Å². The van der Waals surface area contributed by atoms with Crippen LogP contribution in [-0.2, 0) is 13.2 Å². The molecular formula is C23H33ClFNO2. The number of rotatable bonds is 13. The third kappa shape index (κ3) is 8.94. The van der Waals surface area contributed by atoms with Crippen molar-refractivity contribution in [1.82, 2.24) is 5.32 Å². The molecule has 0 radical (unpaired) electrons. The van der Waals surface area contributed by atoms with E-state index in [0.717, 1.165) is 24.4 Å². The zero-order chi connectivity index (χ0) is 19.3. The lowest BCUT2D eigenvalue weighted by atomic mass is 10.1. The number of halogens is 2. The molecule has 0 bridgehead atoms. The van der Waals surface area contributed by atoms with Crippen molar-refractivity contribution in [1.29, 1.82) is 0 Å². The normalized spacial score (nSPS) is 10.4. The molecule has 2 aromatic carbocycles. The fraction of sp³-hybridized carbons (Fsp3) is 0.478. The Labute approximate surface area is 175 Å². The maximum absolute atomic E-state index is 13.0. The fourth-order valence-electron chi connectivity index (χ4n) is 2.95. The molecule has 0 aliphatic carbocycles. The van der Waals surface area contributed by atoms with E-state index in [0.29, 0.717) is 12.4 Å². The van der Waals surface area contributed by atoms with Crippen LogP contribution < -0.4 is 14.8 Å². The average molecular weight is 410 g/mol. The topological polar surface area (TPSA) is 30.5 Å². The highest BCUT2D eigenvalue weighted by Crippen LogP contribution is 2.28. The van der Waals surface area contributed by atoms with Gasteiger partial charge in [0.05, 0.1) is 7.11 Å². The third-order valence-electron chi connectivity index (χ3n) is 4.57.